The summed E-state index contributed by atoms with van der Waals surface area (Å²) in [5, 5.41) is 12.7. The average molecular weight is 257 g/mol. The number of halogens is 1. The van der Waals surface area contributed by atoms with Crippen LogP contribution in [0, 0.1) is 5.82 Å². The highest BCUT2D eigenvalue weighted by atomic mass is 19.1. The summed E-state index contributed by atoms with van der Waals surface area (Å²) in [5.74, 6) is -0.161. The summed E-state index contributed by atoms with van der Waals surface area (Å²) in [6.07, 6.45) is -0.556. The minimum atomic E-state index is -0.556. The van der Waals surface area contributed by atoms with E-state index in [1.165, 1.54) is 20.3 Å². The SMILES string of the molecule is COCC(O)CNC(C)c1ccc(F)c(OC)c1. The Morgan fingerprint density at radius 2 is 2.11 bits per heavy atom. The second kappa shape index (κ2) is 7.31. The quantitative estimate of drug-likeness (QED) is 0.777. The van der Waals surface area contributed by atoms with Crippen molar-refractivity contribution in [1.82, 2.24) is 5.32 Å². The molecule has 1 aromatic carbocycles. The molecule has 5 heteroatoms. The standard InChI is InChI=1S/C13H20FNO3/c1-9(15-7-11(16)8-17-2)10-4-5-12(14)13(6-10)18-3/h4-6,9,11,15-16H,7-8H2,1-3H3. The predicted molar refractivity (Wildman–Crippen MR) is 67.3 cm³/mol. The number of methoxy groups -OCH3 is 2. The van der Waals surface area contributed by atoms with E-state index in [4.69, 9.17) is 9.47 Å². The summed E-state index contributed by atoms with van der Waals surface area (Å²) in [4.78, 5) is 0. The highest BCUT2D eigenvalue weighted by molar-refractivity contribution is 5.31. The molecule has 2 N–H and O–H groups in total. The summed E-state index contributed by atoms with van der Waals surface area (Å²) in [5.41, 5.74) is 0.901. The molecule has 0 heterocycles. The third kappa shape index (κ3) is 4.25. The molecule has 0 aliphatic heterocycles. The Kier molecular flexibility index (Phi) is 6.04. The second-order valence-electron chi connectivity index (χ2n) is 4.13. The molecule has 0 aliphatic rings. The zero-order chi connectivity index (χ0) is 13.5. The summed E-state index contributed by atoms with van der Waals surface area (Å²) in [6, 6.07) is 4.71. The minimum Gasteiger partial charge on any atom is -0.494 e. The molecule has 0 saturated heterocycles. The van der Waals surface area contributed by atoms with Crippen molar-refractivity contribution < 1.29 is 19.0 Å². The van der Waals surface area contributed by atoms with Gasteiger partial charge in [-0.15, -0.1) is 0 Å². The van der Waals surface area contributed by atoms with Crippen molar-refractivity contribution >= 4 is 0 Å². The van der Waals surface area contributed by atoms with Crippen molar-refractivity contribution in [2.24, 2.45) is 0 Å². The molecule has 0 bridgehead atoms. The number of nitrogens with one attached hydrogen (secondary N) is 1. The zero-order valence-electron chi connectivity index (χ0n) is 10.9. The van der Waals surface area contributed by atoms with Gasteiger partial charge in [0.15, 0.2) is 11.6 Å². The van der Waals surface area contributed by atoms with Gasteiger partial charge in [-0.3, -0.25) is 0 Å². The molecule has 2 atom stereocenters. The molecule has 1 rings (SSSR count). The van der Waals surface area contributed by atoms with Gasteiger partial charge in [0.2, 0.25) is 0 Å². The van der Waals surface area contributed by atoms with E-state index in [2.05, 4.69) is 5.32 Å². The molecule has 0 radical (unpaired) electrons. The van der Waals surface area contributed by atoms with Gasteiger partial charge in [0.05, 0.1) is 19.8 Å². The Bertz CT molecular complexity index is 373. The number of ether oxygens (including phenoxy) is 2. The van der Waals surface area contributed by atoms with Crippen molar-refractivity contribution in [3.63, 3.8) is 0 Å². The van der Waals surface area contributed by atoms with Crippen LogP contribution in [0.1, 0.15) is 18.5 Å². The Labute approximate surface area is 107 Å². The van der Waals surface area contributed by atoms with Gasteiger partial charge in [0.1, 0.15) is 0 Å². The minimum absolute atomic E-state index is 0.00833. The number of rotatable bonds is 7. The molecule has 0 saturated carbocycles. The maximum absolute atomic E-state index is 13.2. The number of aliphatic hydroxyl groups excluding tert-OH is 1. The van der Waals surface area contributed by atoms with Crippen molar-refractivity contribution in [3.8, 4) is 5.75 Å². The maximum atomic E-state index is 13.2. The third-order valence-electron chi connectivity index (χ3n) is 2.69. The monoisotopic (exact) mass is 257 g/mol. The molecule has 1 aromatic rings. The van der Waals surface area contributed by atoms with Gasteiger partial charge in [-0.2, -0.15) is 0 Å². The van der Waals surface area contributed by atoms with Crippen LogP contribution in [-0.2, 0) is 4.74 Å². The lowest BCUT2D eigenvalue weighted by Gasteiger charge is -2.17. The van der Waals surface area contributed by atoms with Crippen molar-refractivity contribution in [2.45, 2.75) is 19.1 Å². The van der Waals surface area contributed by atoms with E-state index in [1.807, 2.05) is 6.92 Å². The fraction of sp³-hybridized carbons (Fsp3) is 0.538. The van der Waals surface area contributed by atoms with Crippen LogP contribution in [0.2, 0.25) is 0 Å². The Hall–Kier alpha value is -1.17. The first-order chi connectivity index (χ1) is 8.58. The van der Waals surface area contributed by atoms with Crippen LogP contribution in [0.25, 0.3) is 0 Å². The van der Waals surface area contributed by atoms with Crippen molar-refractivity contribution in [1.29, 1.82) is 0 Å². The lowest BCUT2D eigenvalue weighted by molar-refractivity contribution is 0.0630. The number of hydrogen-bond donors (Lipinski definition) is 2. The van der Waals surface area contributed by atoms with Crippen molar-refractivity contribution in [3.05, 3.63) is 29.6 Å². The molecular formula is C13H20FNO3. The Balaban J connectivity index is 2.58. The van der Waals surface area contributed by atoms with Gasteiger partial charge in [0.25, 0.3) is 0 Å². The van der Waals surface area contributed by atoms with Crippen LogP contribution < -0.4 is 10.1 Å². The molecule has 0 spiro atoms. The zero-order valence-corrected chi connectivity index (χ0v) is 10.9. The van der Waals surface area contributed by atoms with Crippen LogP contribution in [-0.4, -0.2) is 38.6 Å². The smallest absolute Gasteiger partial charge is 0.165 e. The molecule has 18 heavy (non-hydrogen) atoms. The molecule has 2 unspecified atom stereocenters. The topological polar surface area (TPSA) is 50.7 Å². The fourth-order valence-corrected chi connectivity index (χ4v) is 1.63. The molecule has 0 aromatic heterocycles. The predicted octanol–water partition coefficient (Wildman–Crippen LogP) is 1.49. The van der Waals surface area contributed by atoms with Gasteiger partial charge in [0, 0.05) is 19.7 Å². The van der Waals surface area contributed by atoms with E-state index in [9.17, 15) is 9.50 Å². The number of aliphatic hydroxyl groups is 1. The summed E-state index contributed by atoms with van der Waals surface area (Å²) in [7, 11) is 2.97. The van der Waals surface area contributed by atoms with E-state index in [0.29, 0.717) is 6.54 Å². The highest BCUT2D eigenvalue weighted by Gasteiger charge is 2.11. The lowest BCUT2D eigenvalue weighted by atomic mass is 10.1. The Morgan fingerprint density at radius 3 is 2.72 bits per heavy atom. The van der Waals surface area contributed by atoms with Gasteiger partial charge < -0.3 is 19.9 Å². The van der Waals surface area contributed by atoms with Crippen LogP contribution in [0.5, 0.6) is 5.75 Å². The molecular weight excluding hydrogens is 237 g/mol. The van der Waals surface area contributed by atoms with Gasteiger partial charge in [-0.05, 0) is 24.6 Å². The summed E-state index contributed by atoms with van der Waals surface area (Å²) < 4.78 is 23.0. The Morgan fingerprint density at radius 1 is 1.39 bits per heavy atom. The van der Waals surface area contributed by atoms with Gasteiger partial charge >= 0.3 is 0 Å². The number of hydrogen-bond acceptors (Lipinski definition) is 4. The molecule has 0 aliphatic carbocycles. The number of benzene rings is 1. The van der Waals surface area contributed by atoms with E-state index in [-0.39, 0.29) is 24.2 Å². The summed E-state index contributed by atoms with van der Waals surface area (Å²) >= 11 is 0. The largest absolute Gasteiger partial charge is 0.494 e. The fourth-order valence-electron chi connectivity index (χ4n) is 1.63. The van der Waals surface area contributed by atoms with Crippen molar-refractivity contribution in [2.75, 3.05) is 27.4 Å². The first kappa shape index (κ1) is 14.9. The first-order valence-corrected chi connectivity index (χ1v) is 5.82. The second-order valence-corrected chi connectivity index (χ2v) is 4.13. The van der Waals surface area contributed by atoms with Crippen LogP contribution in [0.15, 0.2) is 18.2 Å². The maximum Gasteiger partial charge on any atom is 0.165 e. The molecule has 0 amide bonds. The van der Waals surface area contributed by atoms with Crippen LogP contribution in [0.4, 0.5) is 4.39 Å². The van der Waals surface area contributed by atoms with E-state index >= 15 is 0 Å². The van der Waals surface area contributed by atoms with E-state index < -0.39 is 6.10 Å². The highest BCUT2D eigenvalue weighted by Crippen LogP contribution is 2.22. The summed E-state index contributed by atoms with van der Waals surface area (Å²) in [6.45, 7) is 2.63. The van der Waals surface area contributed by atoms with Crippen LogP contribution >= 0.6 is 0 Å². The lowest BCUT2D eigenvalue weighted by Crippen LogP contribution is -2.31. The van der Waals surface area contributed by atoms with Crippen LogP contribution in [0.3, 0.4) is 0 Å². The van der Waals surface area contributed by atoms with Gasteiger partial charge in [-0.1, -0.05) is 6.07 Å². The third-order valence-corrected chi connectivity index (χ3v) is 2.69. The average Bonchev–Trinajstić information content (AvgIpc) is 2.37. The van der Waals surface area contributed by atoms with E-state index in [1.54, 1.807) is 12.1 Å². The molecule has 4 nitrogen and oxygen atoms in total. The first-order valence-electron chi connectivity index (χ1n) is 5.82. The van der Waals surface area contributed by atoms with E-state index in [0.717, 1.165) is 5.56 Å². The molecule has 102 valence electrons. The molecule has 0 fully saturated rings. The normalized spacial score (nSPS) is 14.3. The van der Waals surface area contributed by atoms with Gasteiger partial charge in [-0.25, -0.2) is 4.39 Å².